The van der Waals surface area contributed by atoms with E-state index in [4.69, 9.17) is 10.1 Å². The van der Waals surface area contributed by atoms with Crippen LogP contribution in [-0.4, -0.2) is 17.6 Å². The molecule has 1 saturated heterocycles. The zero-order valence-electron chi connectivity index (χ0n) is 12.2. The van der Waals surface area contributed by atoms with Gasteiger partial charge in [0.05, 0.1) is 11.6 Å². The molecule has 0 N–H and O–H groups in total. The monoisotopic (exact) mass is 258 g/mol. The highest BCUT2D eigenvalue weighted by Gasteiger charge is 2.34. The van der Waals surface area contributed by atoms with Crippen molar-refractivity contribution in [3.05, 3.63) is 35.4 Å². The number of rotatable bonds is 2. The van der Waals surface area contributed by atoms with Gasteiger partial charge in [-0.2, -0.15) is 10.3 Å². The van der Waals surface area contributed by atoms with Gasteiger partial charge < -0.3 is 0 Å². The molecule has 3 nitrogen and oxygen atoms in total. The fourth-order valence-corrected chi connectivity index (χ4v) is 2.32. The maximum absolute atomic E-state index is 9.16. The molecule has 0 aromatic heterocycles. The molecule has 1 fully saturated rings. The zero-order chi connectivity index (χ0) is 14.0. The van der Waals surface area contributed by atoms with Crippen molar-refractivity contribution < 1.29 is 4.84 Å². The molecule has 0 radical (unpaired) electrons. The van der Waals surface area contributed by atoms with Crippen LogP contribution in [0.25, 0.3) is 0 Å². The van der Waals surface area contributed by atoms with Crippen molar-refractivity contribution in [2.45, 2.75) is 46.3 Å². The second-order valence-corrected chi connectivity index (χ2v) is 6.26. The first kappa shape index (κ1) is 14.0. The number of hydrogen-bond acceptors (Lipinski definition) is 3. The molecule has 2 rings (SSSR count). The Balaban J connectivity index is 2.13. The standard InChI is InChI=1S/C16H22N2O/c1-12(16(2,3)4)18-10-9-15(19-18)14-8-6-5-7-13(14)11-17/h5-8,12,15H,9-10H2,1-4H3. The van der Waals surface area contributed by atoms with E-state index in [9.17, 15) is 0 Å². The number of benzene rings is 1. The summed E-state index contributed by atoms with van der Waals surface area (Å²) in [5.74, 6) is 0. The number of hydroxylamine groups is 2. The first-order chi connectivity index (χ1) is 8.93. The summed E-state index contributed by atoms with van der Waals surface area (Å²) in [5.41, 5.74) is 1.91. The van der Waals surface area contributed by atoms with Gasteiger partial charge in [-0.1, -0.05) is 39.0 Å². The van der Waals surface area contributed by atoms with Gasteiger partial charge in [0.15, 0.2) is 0 Å². The highest BCUT2D eigenvalue weighted by atomic mass is 16.7. The third kappa shape index (κ3) is 2.97. The van der Waals surface area contributed by atoms with Gasteiger partial charge in [-0.25, -0.2) is 0 Å². The molecule has 1 heterocycles. The smallest absolute Gasteiger partial charge is 0.107 e. The summed E-state index contributed by atoms with van der Waals surface area (Å²) in [4.78, 5) is 6.06. The van der Waals surface area contributed by atoms with Crippen LogP contribution in [0.15, 0.2) is 24.3 Å². The average molecular weight is 258 g/mol. The van der Waals surface area contributed by atoms with Crippen molar-refractivity contribution >= 4 is 0 Å². The van der Waals surface area contributed by atoms with E-state index in [1.165, 1.54) is 0 Å². The number of hydrogen-bond donors (Lipinski definition) is 0. The minimum Gasteiger partial charge on any atom is -0.291 e. The van der Waals surface area contributed by atoms with Gasteiger partial charge in [-0.05, 0) is 24.8 Å². The minimum atomic E-state index is 0.0145. The van der Waals surface area contributed by atoms with E-state index in [2.05, 4.69) is 38.8 Å². The molecule has 0 amide bonds. The Morgan fingerprint density at radius 3 is 2.68 bits per heavy atom. The van der Waals surface area contributed by atoms with Crippen LogP contribution in [0.4, 0.5) is 0 Å². The molecule has 102 valence electrons. The summed E-state index contributed by atoms with van der Waals surface area (Å²) in [6.07, 6.45) is 0.958. The second-order valence-electron chi connectivity index (χ2n) is 6.26. The first-order valence-corrected chi connectivity index (χ1v) is 6.86. The van der Waals surface area contributed by atoms with Crippen molar-refractivity contribution in [3.63, 3.8) is 0 Å². The maximum atomic E-state index is 9.16. The average Bonchev–Trinajstić information content (AvgIpc) is 2.86. The fraction of sp³-hybridized carbons (Fsp3) is 0.562. The molecule has 1 aromatic carbocycles. The van der Waals surface area contributed by atoms with Crippen LogP contribution in [0, 0.1) is 16.7 Å². The molecule has 0 saturated carbocycles. The summed E-state index contributed by atoms with van der Waals surface area (Å²) in [5, 5.41) is 11.2. The van der Waals surface area contributed by atoms with Crippen LogP contribution in [0.3, 0.4) is 0 Å². The Morgan fingerprint density at radius 2 is 2.05 bits per heavy atom. The van der Waals surface area contributed by atoms with Crippen LogP contribution in [0.1, 0.15) is 51.3 Å². The quantitative estimate of drug-likeness (QED) is 0.812. The largest absolute Gasteiger partial charge is 0.291 e. The van der Waals surface area contributed by atoms with Crippen molar-refractivity contribution in [2.75, 3.05) is 6.54 Å². The van der Waals surface area contributed by atoms with E-state index < -0.39 is 0 Å². The summed E-state index contributed by atoms with van der Waals surface area (Å²) < 4.78 is 0. The van der Waals surface area contributed by atoms with E-state index in [1.807, 2.05) is 24.3 Å². The van der Waals surface area contributed by atoms with Gasteiger partial charge in [-0.3, -0.25) is 4.84 Å². The molecule has 0 aliphatic carbocycles. The van der Waals surface area contributed by atoms with Crippen LogP contribution in [0.2, 0.25) is 0 Å². The van der Waals surface area contributed by atoms with Gasteiger partial charge in [-0.15, -0.1) is 0 Å². The maximum Gasteiger partial charge on any atom is 0.107 e. The van der Waals surface area contributed by atoms with Crippen LogP contribution < -0.4 is 0 Å². The summed E-state index contributed by atoms with van der Waals surface area (Å²) >= 11 is 0. The SMILES string of the molecule is CC(N1CCC(c2ccccc2C#N)O1)C(C)(C)C. The lowest BCUT2D eigenvalue weighted by Gasteiger charge is -2.34. The highest BCUT2D eigenvalue weighted by molar-refractivity contribution is 5.39. The summed E-state index contributed by atoms with van der Waals surface area (Å²) in [6.45, 7) is 9.77. The van der Waals surface area contributed by atoms with Gasteiger partial charge in [0.1, 0.15) is 6.10 Å². The van der Waals surface area contributed by atoms with E-state index in [0.717, 1.165) is 24.1 Å². The molecule has 1 aliphatic heterocycles. The lowest BCUT2D eigenvalue weighted by molar-refractivity contribution is -0.189. The highest BCUT2D eigenvalue weighted by Crippen LogP contribution is 2.35. The second kappa shape index (κ2) is 5.32. The Morgan fingerprint density at radius 1 is 1.37 bits per heavy atom. The Labute approximate surface area is 115 Å². The fourth-order valence-electron chi connectivity index (χ4n) is 2.32. The van der Waals surface area contributed by atoms with Crippen molar-refractivity contribution in [1.29, 1.82) is 5.26 Å². The Hall–Kier alpha value is -1.37. The molecule has 1 aliphatic rings. The third-order valence-electron chi connectivity index (χ3n) is 3.99. The van der Waals surface area contributed by atoms with Gasteiger partial charge >= 0.3 is 0 Å². The van der Waals surface area contributed by atoms with Crippen LogP contribution >= 0.6 is 0 Å². The van der Waals surface area contributed by atoms with E-state index in [0.29, 0.717) is 6.04 Å². The number of nitriles is 1. The number of nitrogens with zero attached hydrogens (tertiary/aromatic N) is 2. The molecule has 1 aromatic rings. The molecule has 2 unspecified atom stereocenters. The third-order valence-corrected chi connectivity index (χ3v) is 3.99. The molecule has 3 heteroatoms. The molecular formula is C16H22N2O. The van der Waals surface area contributed by atoms with Crippen LogP contribution in [-0.2, 0) is 4.84 Å². The summed E-state index contributed by atoms with van der Waals surface area (Å²) in [7, 11) is 0. The molecule has 0 bridgehead atoms. The van der Waals surface area contributed by atoms with E-state index >= 15 is 0 Å². The van der Waals surface area contributed by atoms with Gasteiger partial charge in [0, 0.05) is 18.2 Å². The zero-order valence-corrected chi connectivity index (χ0v) is 12.2. The first-order valence-electron chi connectivity index (χ1n) is 6.86. The molecule has 2 atom stereocenters. The summed E-state index contributed by atoms with van der Waals surface area (Å²) in [6, 6.07) is 10.3. The van der Waals surface area contributed by atoms with E-state index in [-0.39, 0.29) is 11.5 Å². The predicted molar refractivity (Wildman–Crippen MR) is 75.2 cm³/mol. The predicted octanol–water partition coefficient (Wildman–Crippen LogP) is 3.67. The molecule has 19 heavy (non-hydrogen) atoms. The topological polar surface area (TPSA) is 36.3 Å². The molecular weight excluding hydrogens is 236 g/mol. The van der Waals surface area contributed by atoms with Crippen LogP contribution in [0.5, 0.6) is 0 Å². The normalized spacial score (nSPS) is 22.2. The van der Waals surface area contributed by atoms with Crippen molar-refractivity contribution in [3.8, 4) is 6.07 Å². The Kier molecular flexibility index (Phi) is 3.93. The Bertz CT molecular complexity index is 484. The minimum absolute atomic E-state index is 0.0145. The lowest BCUT2D eigenvalue weighted by atomic mass is 9.88. The van der Waals surface area contributed by atoms with Gasteiger partial charge in [0.25, 0.3) is 0 Å². The molecule has 0 spiro atoms. The van der Waals surface area contributed by atoms with Crippen molar-refractivity contribution in [2.24, 2.45) is 5.41 Å². The van der Waals surface area contributed by atoms with Crippen molar-refractivity contribution in [1.82, 2.24) is 5.06 Å². The van der Waals surface area contributed by atoms with Gasteiger partial charge in [0.2, 0.25) is 0 Å². The lowest BCUT2D eigenvalue weighted by Crippen LogP contribution is -2.39. The van der Waals surface area contributed by atoms with E-state index in [1.54, 1.807) is 0 Å².